The lowest BCUT2D eigenvalue weighted by atomic mass is 10.2. The van der Waals surface area contributed by atoms with E-state index >= 15 is 0 Å². The van der Waals surface area contributed by atoms with Crippen molar-refractivity contribution in [2.24, 2.45) is 0 Å². The molecule has 1 unspecified atom stereocenters. The van der Waals surface area contributed by atoms with Gasteiger partial charge in [-0.25, -0.2) is 13.0 Å². The minimum absolute atomic E-state index is 0.120. The number of anilines is 1. The van der Waals surface area contributed by atoms with E-state index in [1.807, 2.05) is 39.8 Å². The number of nitrogens with zero attached hydrogens (tertiary/aromatic N) is 3. The fourth-order valence-electron chi connectivity index (χ4n) is 4.41. The molecule has 1 aliphatic heterocycles. The lowest BCUT2D eigenvalue weighted by Gasteiger charge is -2.36. The summed E-state index contributed by atoms with van der Waals surface area (Å²) >= 11 is 3.39. The normalized spacial score (nSPS) is 15.1. The van der Waals surface area contributed by atoms with Crippen LogP contribution in [0.5, 0.6) is 5.75 Å². The van der Waals surface area contributed by atoms with Crippen molar-refractivity contribution in [1.82, 2.24) is 8.87 Å². The van der Waals surface area contributed by atoms with Crippen LogP contribution in [0.1, 0.15) is 99.5 Å². The molecule has 0 spiro atoms. The van der Waals surface area contributed by atoms with Gasteiger partial charge in [0.2, 0.25) is 0 Å². The second-order valence-electron chi connectivity index (χ2n) is 9.92. The molecular formula is C34H54BrF2N3O2S. The zero-order valence-corrected chi connectivity index (χ0v) is 30.2. The highest BCUT2D eigenvalue weighted by molar-refractivity contribution is 9.10. The largest absolute Gasteiger partial charge is 0.495 e. The first-order valence-electron chi connectivity index (χ1n) is 16.0. The number of unbranched alkanes of at least 4 members (excludes halogenated alkanes) is 1. The average molecular weight is 687 g/mol. The molecule has 244 valence electrons. The van der Waals surface area contributed by atoms with Gasteiger partial charge in [-0.3, -0.25) is 8.87 Å². The van der Waals surface area contributed by atoms with Gasteiger partial charge in [-0.2, -0.15) is 0 Å². The quantitative estimate of drug-likeness (QED) is 0.248. The highest BCUT2D eigenvalue weighted by atomic mass is 79.9. The lowest BCUT2D eigenvalue weighted by Crippen LogP contribution is -2.47. The summed E-state index contributed by atoms with van der Waals surface area (Å²) in [5.74, 6) is 0.721. The number of ether oxygens (including phenoxy) is 1. The molecule has 2 aliphatic rings. The van der Waals surface area contributed by atoms with Crippen LogP contribution in [0.25, 0.3) is 10.9 Å². The number of hydrogen-bond donors (Lipinski definition) is 0. The summed E-state index contributed by atoms with van der Waals surface area (Å²) in [7, 11) is -0.0580. The molecule has 5 nitrogen and oxygen atoms in total. The van der Waals surface area contributed by atoms with E-state index in [0.29, 0.717) is 15.8 Å². The lowest BCUT2D eigenvalue weighted by molar-refractivity contribution is 0.153. The SMILES string of the molecule is CC.CC.CCC.CCCC.COc1ccc(S(=O)n2cc(C(F)F)c3ccc(Br)cc32)cc1N1CCN(C2CC2)CC1. The summed E-state index contributed by atoms with van der Waals surface area (Å²) in [5.41, 5.74) is 1.27. The molecule has 0 radical (unpaired) electrons. The molecule has 3 aromatic rings. The minimum Gasteiger partial charge on any atom is -0.495 e. The molecular weight excluding hydrogens is 632 g/mol. The van der Waals surface area contributed by atoms with Gasteiger partial charge in [0, 0.05) is 53.8 Å². The van der Waals surface area contributed by atoms with Crippen molar-refractivity contribution in [3.05, 3.63) is 52.6 Å². The molecule has 0 bridgehead atoms. The number of rotatable bonds is 7. The van der Waals surface area contributed by atoms with Gasteiger partial charge < -0.3 is 9.64 Å². The van der Waals surface area contributed by atoms with Crippen molar-refractivity contribution in [2.75, 3.05) is 38.2 Å². The Morgan fingerprint density at radius 3 is 2.00 bits per heavy atom. The maximum absolute atomic E-state index is 13.6. The Morgan fingerprint density at radius 2 is 1.51 bits per heavy atom. The molecule has 5 rings (SSSR count). The Morgan fingerprint density at radius 1 is 0.930 bits per heavy atom. The number of halogens is 3. The molecule has 0 N–H and O–H groups in total. The van der Waals surface area contributed by atoms with Gasteiger partial charge in [-0.1, -0.05) is 96.6 Å². The van der Waals surface area contributed by atoms with E-state index in [1.165, 1.54) is 42.3 Å². The Hall–Kier alpha value is -1.97. The molecule has 43 heavy (non-hydrogen) atoms. The second kappa shape index (κ2) is 20.9. The van der Waals surface area contributed by atoms with Crippen molar-refractivity contribution in [1.29, 1.82) is 0 Å². The summed E-state index contributed by atoms with van der Waals surface area (Å²) in [6.45, 7) is 20.3. The standard InChI is InChI=1S/C23H24BrF2N3O2S.C4H10.C3H8.2C2H6/c1-31-22-7-5-17(13-21(22)28-10-8-27(9-11-28)16-3-4-16)32(30)29-14-19(23(25)26)18-6-2-15(24)12-20(18)29;1-3-4-2;1-3-2;2*1-2/h2,5-7,12-14,16,23H,3-4,8-11H2,1H3;3-4H2,1-2H3;3H2,1-2H3;2*1-2H3. The van der Waals surface area contributed by atoms with E-state index in [9.17, 15) is 13.0 Å². The molecule has 1 aromatic heterocycles. The third-order valence-electron chi connectivity index (χ3n) is 6.75. The summed E-state index contributed by atoms with van der Waals surface area (Å²) < 4.78 is 48.5. The molecule has 2 fully saturated rings. The van der Waals surface area contributed by atoms with E-state index in [1.54, 1.807) is 31.4 Å². The van der Waals surface area contributed by atoms with Crippen molar-refractivity contribution in [3.8, 4) is 5.75 Å². The molecule has 1 saturated heterocycles. The van der Waals surface area contributed by atoms with E-state index in [2.05, 4.69) is 53.4 Å². The van der Waals surface area contributed by atoms with E-state index in [-0.39, 0.29) is 5.56 Å². The maximum atomic E-state index is 13.6. The Balaban J connectivity index is 0.000000741. The molecule has 9 heteroatoms. The Kier molecular flexibility index (Phi) is 19.0. The average Bonchev–Trinajstić information content (AvgIpc) is 3.83. The first-order valence-corrected chi connectivity index (χ1v) is 17.9. The summed E-state index contributed by atoms with van der Waals surface area (Å²) in [5, 5.41) is 0.404. The minimum atomic E-state index is -2.65. The first kappa shape index (κ1) is 39.1. The molecule has 1 aliphatic carbocycles. The van der Waals surface area contributed by atoms with Gasteiger partial charge in [0.25, 0.3) is 6.43 Å². The predicted octanol–water partition coefficient (Wildman–Crippen LogP) is 10.5. The number of alkyl halides is 2. The second-order valence-corrected chi connectivity index (χ2v) is 12.2. The number of hydrogen-bond acceptors (Lipinski definition) is 4. The number of fused-ring (bicyclic) bond motifs is 1. The molecule has 2 heterocycles. The summed E-state index contributed by atoms with van der Waals surface area (Å²) in [6, 6.07) is 11.2. The van der Waals surface area contributed by atoms with Crippen LogP contribution in [0, 0.1) is 0 Å². The first-order chi connectivity index (χ1) is 20.8. The highest BCUT2D eigenvalue weighted by Crippen LogP contribution is 2.36. The van der Waals surface area contributed by atoms with Gasteiger partial charge in [0.15, 0.2) is 11.0 Å². The third kappa shape index (κ3) is 11.2. The van der Waals surface area contributed by atoms with Crippen LogP contribution in [0.15, 0.2) is 52.0 Å². The van der Waals surface area contributed by atoms with Crippen molar-refractivity contribution in [3.63, 3.8) is 0 Å². The zero-order chi connectivity index (χ0) is 32.5. The summed E-state index contributed by atoms with van der Waals surface area (Å²) in [6.07, 6.45) is 5.13. The highest BCUT2D eigenvalue weighted by Gasteiger charge is 2.32. The van der Waals surface area contributed by atoms with Crippen LogP contribution in [0.4, 0.5) is 14.5 Å². The van der Waals surface area contributed by atoms with Crippen LogP contribution in [0.2, 0.25) is 0 Å². The van der Waals surface area contributed by atoms with Crippen LogP contribution < -0.4 is 9.64 Å². The third-order valence-corrected chi connectivity index (χ3v) is 8.56. The van der Waals surface area contributed by atoms with Gasteiger partial charge in [0.05, 0.1) is 23.2 Å². The van der Waals surface area contributed by atoms with Crippen molar-refractivity contribution in [2.45, 2.75) is 105 Å². The van der Waals surface area contributed by atoms with Crippen molar-refractivity contribution < 1.29 is 17.7 Å². The van der Waals surface area contributed by atoms with E-state index in [0.717, 1.165) is 48.1 Å². The Bertz CT molecular complexity index is 1220. The predicted molar refractivity (Wildman–Crippen MR) is 185 cm³/mol. The smallest absolute Gasteiger partial charge is 0.265 e. The van der Waals surface area contributed by atoms with Gasteiger partial charge in [-0.05, 0) is 43.2 Å². The topological polar surface area (TPSA) is 37.7 Å². The number of benzene rings is 2. The maximum Gasteiger partial charge on any atom is 0.265 e. The van der Waals surface area contributed by atoms with Crippen LogP contribution in [-0.4, -0.2) is 52.4 Å². The summed E-state index contributed by atoms with van der Waals surface area (Å²) in [4.78, 5) is 5.33. The van der Waals surface area contributed by atoms with Gasteiger partial charge >= 0.3 is 0 Å². The zero-order valence-electron chi connectivity index (χ0n) is 27.8. The molecule has 1 atom stereocenters. The molecule has 2 aromatic carbocycles. The fraction of sp³-hybridized carbons (Fsp3) is 0.588. The fourth-order valence-corrected chi connectivity index (χ4v) is 5.93. The monoisotopic (exact) mass is 685 g/mol. The number of methoxy groups -OCH3 is 1. The number of aromatic nitrogens is 1. The van der Waals surface area contributed by atoms with Crippen LogP contribution in [0.3, 0.4) is 0 Å². The van der Waals surface area contributed by atoms with E-state index < -0.39 is 17.4 Å². The van der Waals surface area contributed by atoms with Crippen LogP contribution in [-0.2, 0) is 11.0 Å². The molecule has 1 saturated carbocycles. The van der Waals surface area contributed by atoms with Gasteiger partial charge in [0.1, 0.15) is 5.75 Å². The van der Waals surface area contributed by atoms with Gasteiger partial charge in [-0.15, -0.1) is 0 Å². The molecule has 0 amide bonds. The van der Waals surface area contributed by atoms with E-state index in [4.69, 9.17) is 4.74 Å². The Labute approximate surface area is 270 Å². The van der Waals surface area contributed by atoms with Crippen molar-refractivity contribution >= 4 is 43.5 Å². The van der Waals surface area contributed by atoms with Crippen LogP contribution >= 0.6 is 15.9 Å². The number of piperazine rings is 1.